The van der Waals surface area contributed by atoms with Crippen molar-refractivity contribution >= 4 is 65.8 Å². The molecular formula is C18H30CaO9S. The minimum Gasteiger partial charge on any atom is -1.00 e. The molecule has 0 aromatic rings. The second-order valence-corrected chi connectivity index (χ2v) is 8.50. The van der Waals surface area contributed by atoms with Gasteiger partial charge in [-0.1, -0.05) is 26.5 Å². The fourth-order valence-corrected chi connectivity index (χ4v) is 2.21. The Hall–Kier alpha value is -0.940. The van der Waals surface area contributed by atoms with E-state index in [4.69, 9.17) is 18.8 Å². The molecule has 0 saturated heterocycles. The fraction of sp³-hybridized carbons (Fsp3) is 0.611. The van der Waals surface area contributed by atoms with Crippen molar-refractivity contribution in [1.82, 2.24) is 0 Å². The molecule has 29 heavy (non-hydrogen) atoms. The zero-order valence-corrected chi connectivity index (χ0v) is 20.4. The van der Waals surface area contributed by atoms with Gasteiger partial charge in [0.1, 0.15) is 30.5 Å². The molecule has 0 heterocycles. The van der Waals surface area contributed by atoms with Gasteiger partial charge in [-0.05, 0) is 27.2 Å². The normalized spacial score (nSPS) is 12.2. The largest absolute Gasteiger partial charge is 2.00 e. The summed E-state index contributed by atoms with van der Waals surface area (Å²) in [5.74, 6) is -2.41. The first-order chi connectivity index (χ1) is 12.8. The van der Waals surface area contributed by atoms with E-state index in [1.54, 1.807) is 6.92 Å². The molecule has 0 fully saturated rings. The van der Waals surface area contributed by atoms with Crippen LogP contribution in [0.4, 0.5) is 0 Å². The average Bonchev–Trinajstić information content (AvgIpc) is 2.59. The van der Waals surface area contributed by atoms with Crippen LogP contribution >= 0.6 is 0 Å². The maximum Gasteiger partial charge on any atom is 2.00 e. The van der Waals surface area contributed by atoms with E-state index in [-0.39, 0.29) is 58.2 Å². The van der Waals surface area contributed by atoms with E-state index in [9.17, 15) is 22.8 Å². The van der Waals surface area contributed by atoms with Gasteiger partial charge in [0.2, 0.25) is 0 Å². The Morgan fingerprint density at radius 1 is 1.03 bits per heavy atom. The minimum atomic E-state index is -4.40. The molecule has 0 aromatic carbocycles. The first-order valence-corrected chi connectivity index (χ1v) is 10.1. The Morgan fingerprint density at radius 2 is 1.45 bits per heavy atom. The van der Waals surface area contributed by atoms with Crippen LogP contribution in [0.3, 0.4) is 0 Å². The summed E-state index contributed by atoms with van der Waals surface area (Å²) in [5, 5.41) is -1.35. The van der Waals surface area contributed by atoms with Gasteiger partial charge in [0.25, 0.3) is 10.1 Å². The van der Waals surface area contributed by atoms with E-state index in [2.05, 4.69) is 13.2 Å². The van der Waals surface area contributed by atoms with Gasteiger partial charge in [0, 0.05) is 11.1 Å². The first-order valence-electron chi connectivity index (χ1n) is 8.55. The average molecular weight is 463 g/mol. The second-order valence-electron chi connectivity index (χ2n) is 6.67. The maximum atomic E-state index is 12.7. The third kappa shape index (κ3) is 10.6. The van der Waals surface area contributed by atoms with Crippen LogP contribution in [0, 0.1) is 5.41 Å². The molecule has 0 spiro atoms. The number of carbonyl (C=O) groups excluding carboxylic acids is 3. The van der Waals surface area contributed by atoms with Crippen LogP contribution in [0.1, 0.15) is 43.4 Å². The maximum absolute atomic E-state index is 12.7. The van der Waals surface area contributed by atoms with Gasteiger partial charge >= 0.3 is 55.6 Å². The van der Waals surface area contributed by atoms with Crippen LogP contribution in [0.2, 0.25) is 0 Å². The van der Waals surface area contributed by atoms with Crippen LogP contribution in [0.25, 0.3) is 0 Å². The van der Waals surface area contributed by atoms with Gasteiger partial charge in [-0.2, -0.15) is 8.42 Å². The Balaban J connectivity index is -0.00000121. The monoisotopic (exact) mass is 462 g/mol. The van der Waals surface area contributed by atoms with Crippen LogP contribution < -0.4 is 0 Å². The van der Waals surface area contributed by atoms with E-state index >= 15 is 0 Å². The molecule has 0 radical (unpaired) electrons. The number of carbonyl (C=O) groups is 3. The van der Waals surface area contributed by atoms with Gasteiger partial charge < -0.3 is 17.1 Å². The zero-order valence-electron chi connectivity index (χ0n) is 19.4. The molecule has 0 aliphatic carbocycles. The Morgan fingerprint density at radius 3 is 1.76 bits per heavy atom. The molecule has 0 saturated carbocycles. The molecule has 1 unspecified atom stereocenters. The van der Waals surface area contributed by atoms with E-state index in [0.717, 1.165) is 6.92 Å². The smallest absolute Gasteiger partial charge is 1.00 e. The van der Waals surface area contributed by atoms with Gasteiger partial charge in [0.05, 0.1) is 0 Å². The fourth-order valence-electron chi connectivity index (χ4n) is 1.97. The van der Waals surface area contributed by atoms with Crippen molar-refractivity contribution in [3.63, 3.8) is 0 Å². The molecule has 0 bridgehead atoms. The Bertz CT molecular complexity index is 708. The van der Waals surface area contributed by atoms with Crippen molar-refractivity contribution in [2.24, 2.45) is 5.41 Å². The minimum absolute atomic E-state index is 0. The molecule has 11 heteroatoms. The standard InChI is InChI=1S/C18H28O9S.Ca.2H/c1-7-8-18(10-26-15(19)12(2)3,11-27-16(20)13(4)5)17(21)25-9-14(6)28(22,23)24;;;/h14H,2,4,7-11H2,1,3,5-6H3,(H,22,23,24);;;/q;+2;2*-1. The van der Waals surface area contributed by atoms with Crippen molar-refractivity contribution in [3.8, 4) is 0 Å². The summed E-state index contributed by atoms with van der Waals surface area (Å²) >= 11 is 0. The summed E-state index contributed by atoms with van der Waals surface area (Å²) in [6.45, 7) is 11.1. The van der Waals surface area contributed by atoms with Gasteiger partial charge in [0.15, 0.2) is 0 Å². The topological polar surface area (TPSA) is 133 Å². The first kappa shape index (κ1) is 30.3. The van der Waals surface area contributed by atoms with E-state index in [0.29, 0.717) is 6.42 Å². The van der Waals surface area contributed by atoms with Crippen molar-refractivity contribution in [1.29, 1.82) is 0 Å². The summed E-state index contributed by atoms with van der Waals surface area (Å²) < 4.78 is 46.4. The van der Waals surface area contributed by atoms with Crippen LogP contribution in [-0.2, 0) is 38.7 Å². The third-order valence-electron chi connectivity index (χ3n) is 3.78. The number of rotatable bonds is 12. The predicted octanol–water partition coefficient (Wildman–Crippen LogP) is 1.68. The van der Waals surface area contributed by atoms with Crippen molar-refractivity contribution in [2.45, 2.75) is 45.8 Å². The quantitative estimate of drug-likeness (QED) is 0.151. The predicted molar refractivity (Wildman–Crippen MR) is 109 cm³/mol. The molecule has 164 valence electrons. The van der Waals surface area contributed by atoms with E-state index in [1.807, 2.05) is 0 Å². The molecule has 1 atom stereocenters. The van der Waals surface area contributed by atoms with Gasteiger partial charge in [-0.15, -0.1) is 0 Å². The summed E-state index contributed by atoms with van der Waals surface area (Å²) in [5.41, 5.74) is -1.33. The van der Waals surface area contributed by atoms with E-state index < -0.39 is 58.5 Å². The molecule has 0 aliphatic heterocycles. The Kier molecular flexibility index (Phi) is 14.0. The molecule has 0 aromatic heterocycles. The number of hydrogen-bond acceptors (Lipinski definition) is 8. The number of esters is 3. The SMILES string of the molecule is C=C(C)C(=O)OCC(CCC)(COC(=O)C(=C)C)C(=O)OCC(C)S(=O)(=O)O.[Ca+2].[H-].[H-]. The van der Waals surface area contributed by atoms with Crippen LogP contribution in [0.5, 0.6) is 0 Å². The molecule has 1 N–H and O–H groups in total. The van der Waals surface area contributed by atoms with Gasteiger partial charge in [-0.3, -0.25) is 9.35 Å². The van der Waals surface area contributed by atoms with Gasteiger partial charge in [-0.25, -0.2) is 9.59 Å². The summed E-state index contributed by atoms with van der Waals surface area (Å²) in [6.07, 6.45) is 0.567. The second kappa shape index (κ2) is 13.4. The van der Waals surface area contributed by atoms with Crippen molar-refractivity contribution in [2.75, 3.05) is 19.8 Å². The molecule has 0 amide bonds. The molecule has 0 rings (SSSR count). The van der Waals surface area contributed by atoms with E-state index in [1.165, 1.54) is 13.8 Å². The summed E-state index contributed by atoms with van der Waals surface area (Å²) in [4.78, 5) is 36.2. The molecule has 0 aliphatic rings. The summed E-state index contributed by atoms with van der Waals surface area (Å²) in [7, 11) is -4.40. The zero-order chi connectivity index (χ0) is 22.1. The molecule has 9 nitrogen and oxygen atoms in total. The van der Waals surface area contributed by atoms with Crippen molar-refractivity contribution in [3.05, 3.63) is 24.3 Å². The molecular weight excluding hydrogens is 432 g/mol. The summed E-state index contributed by atoms with van der Waals surface area (Å²) in [6, 6.07) is 0. The Labute approximate surface area is 204 Å². The van der Waals surface area contributed by atoms with Crippen LogP contribution in [0.15, 0.2) is 24.3 Å². The number of ether oxygens (including phenoxy) is 3. The third-order valence-corrected chi connectivity index (χ3v) is 4.93. The number of hydrogen-bond donors (Lipinski definition) is 1. The van der Waals surface area contributed by atoms with Crippen LogP contribution in [-0.4, -0.2) is 93.7 Å². The van der Waals surface area contributed by atoms with Crippen molar-refractivity contribution < 1.29 is 44.4 Å².